The Kier molecular flexibility index (Phi) is 4.32. The average Bonchev–Trinajstić information content (AvgIpc) is 2.83. The molecule has 1 N–H and O–H groups in total. The summed E-state index contributed by atoms with van der Waals surface area (Å²) in [6.07, 6.45) is 1.44. The van der Waals surface area contributed by atoms with E-state index in [2.05, 4.69) is 5.32 Å². The van der Waals surface area contributed by atoms with Crippen molar-refractivity contribution >= 4 is 11.6 Å². The molecule has 2 heterocycles. The number of rotatable bonds is 3. The Hall–Kier alpha value is -1.89. The van der Waals surface area contributed by atoms with Crippen LogP contribution in [-0.2, 0) is 0 Å². The Labute approximate surface area is 124 Å². The Morgan fingerprint density at radius 2 is 1.95 bits per heavy atom. The predicted octanol–water partition coefficient (Wildman–Crippen LogP) is 1.80. The van der Waals surface area contributed by atoms with Crippen molar-refractivity contribution in [3.63, 3.8) is 0 Å². The molecule has 0 aromatic carbocycles. The van der Waals surface area contributed by atoms with Crippen LogP contribution in [0.2, 0.25) is 0 Å². The van der Waals surface area contributed by atoms with Gasteiger partial charge in [-0.3, -0.25) is 14.9 Å². The Bertz CT molecular complexity index is 542. The molecule has 0 aliphatic carbocycles. The van der Waals surface area contributed by atoms with Gasteiger partial charge in [0.15, 0.2) is 0 Å². The lowest BCUT2D eigenvalue weighted by Crippen LogP contribution is -2.57. The summed E-state index contributed by atoms with van der Waals surface area (Å²) in [4.78, 5) is 25.2. The number of piperazine rings is 1. The van der Waals surface area contributed by atoms with Crippen LogP contribution in [0.25, 0.3) is 0 Å². The van der Waals surface area contributed by atoms with Crippen LogP contribution in [0.15, 0.2) is 12.3 Å². The first-order chi connectivity index (χ1) is 9.82. The second-order valence-electron chi connectivity index (χ2n) is 5.91. The van der Waals surface area contributed by atoms with Crippen molar-refractivity contribution in [1.82, 2.24) is 14.8 Å². The number of amides is 1. The molecule has 7 heteroatoms. The standard InChI is InChI=1S/C14H22N4O3/c1-9(2)16-8-12(18(20)21)5-13(16)14(19)17-10(3)6-15-7-11(17)4/h5,8-11,15H,6-7H2,1-4H3. The smallest absolute Gasteiger partial charge is 0.287 e. The molecule has 0 saturated carbocycles. The van der Waals surface area contributed by atoms with Crippen molar-refractivity contribution in [3.05, 3.63) is 28.1 Å². The summed E-state index contributed by atoms with van der Waals surface area (Å²) in [5, 5.41) is 14.2. The molecule has 1 aliphatic rings. The first-order valence-corrected chi connectivity index (χ1v) is 7.22. The maximum atomic E-state index is 12.8. The van der Waals surface area contributed by atoms with Crippen LogP contribution < -0.4 is 5.32 Å². The normalized spacial score (nSPS) is 22.6. The van der Waals surface area contributed by atoms with Crippen LogP contribution in [0.5, 0.6) is 0 Å². The molecule has 1 aromatic rings. The van der Waals surface area contributed by atoms with Crippen molar-refractivity contribution in [2.75, 3.05) is 13.1 Å². The molecule has 1 aliphatic heterocycles. The fraction of sp³-hybridized carbons (Fsp3) is 0.643. The number of hydrogen-bond acceptors (Lipinski definition) is 4. The van der Waals surface area contributed by atoms with Crippen molar-refractivity contribution in [2.24, 2.45) is 0 Å². The molecular weight excluding hydrogens is 272 g/mol. The molecule has 1 amide bonds. The molecule has 7 nitrogen and oxygen atoms in total. The molecule has 1 fully saturated rings. The first-order valence-electron chi connectivity index (χ1n) is 7.22. The van der Waals surface area contributed by atoms with E-state index in [-0.39, 0.29) is 29.7 Å². The highest BCUT2D eigenvalue weighted by Gasteiger charge is 2.32. The predicted molar refractivity (Wildman–Crippen MR) is 79.4 cm³/mol. The van der Waals surface area contributed by atoms with E-state index in [1.54, 1.807) is 4.57 Å². The lowest BCUT2D eigenvalue weighted by Gasteiger charge is -2.39. The molecule has 21 heavy (non-hydrogen) atoms. The Morgan fingerprint density at radius 1 is 1.38 bits per heavy atom. The van der Waals surface area contributed by atoms with Crippen LogP contribution in [0.4, 0.5) is 5.69 Å². The van der Waals surface area contributed by atoms with Gasteiger partial charge in [-0.2, -0.15) is 0 Å². The second-order valence-corrected chi connectivity index (χ2v) is 5.91. The van der Waals surface area contributed by atoms with Gasteiger partial charge < -0.3 is 14.8 Å². The van der Waals surface area contributed by atoms with Crippen LogP contribution in [0.1, 0.15) is 44.2 Å². The zero-order valence-electron chi connectivity index (χ0n) is 12.9. The number of nitro groups is 1. The highest BCUT2D eigenvalue weighted by molar-refractivity contribution is 5.94. The van der Waals surface area contributed by atoms with E-state index in [9.17, 15) is 14.9 Å². The van der Waals surface area contributed by atoms with Gasteiger partial charge in [-0.05, 0) is 27.7 Å². The number of aromatic nitrogens is 1. The molecule has 1 aromatic heterocycles. The van der Waals surface area contributed by atoms with Gasteiger partial charge in [-0.25, -0.2) is 0 Å². The zero-order chi connectivity index (χ0) is 15.7. The van der Waals surface area contributed by atoms with Gasteiger partial charge in [-0.15, -0.1) is 0 Å². The molecule has 2 atom stereocenters. The lowest BCUT2D eigenvalue weighted by atomic mass is 10.1. The van der Waals surface area contributed by atoms with Gasteiger partial charge in [0.1, 0.15) is 5.69 Å². The summed E-state index contributed by atoms with van der Waals surface area (Å²) in [5.41, 5.74) is 0.347. The number of carbonyl (C=O) groups is 1. The molecule has 1 saturated heterocycles. The van der Waals surface area contributed by atoms with Crippen LogP contribution in [-0.4, -0.2) is 45.5 Å². The SMILES string of the molecule is CC1CNCC(C)N1C(=O)c1cc([N+](=O)[O-])cn1C(C)C. The number of nitrogens with zero attached hydrogens (tertiary/aromatic N) is 3. The summed E-state index contributed by atoms with van der Waals surface area (Å²) in [6, 6.07) is 1.50. The van der Waals surface area contributed by atoms with E-state index >= 15 is 0 Å². The van der Waals surface area contributed by atoms with Gasteiger partial charge in [0.2, 0.25) is 0 Å². The van der Waals surface area contributed by atoms with Crippen molar-refractivity contribution in [3.8, 4) is 0 Å². The maximum Gasteiger partial charge on any atom is 0.287 e. The summed E-state index contributed by atoms with van der Waals surface area (Å²) in [6.45, 7) is 9.26. The van der Waals surface area contributed by atoms with Gasteiger partial charge in [0.05, 0.1) is 11.1 Å². The summed E-state index contributed by atoms with van der Waals surface area (Å²) in [7, 11) is 0. The third-order valence-electron chi connectivity index (χ3n) is 3.88. The molecule has 2 unspecified atom stereocenters. The van der Waals surface area contributed by atoms with Crippen molar-refractivity contribution < 1.29 is 9.72 Å². The lowest BCUT2D eigenvalue weighted by molar-refractivity contribution is -0.384. The van der Waals surface area contributed by atoms with E-state index in [0.29, 0.717) is 5.69 Å². The van der Waals surface area contributed by atoms with Gasteiger partial charge in [0.25, 0.3) is 11.6 Å². The van der Waals surface area contributed by atoms with Crippen LogP contribution >= 0.6 is 0 Å². The largest absolute Gasteiger partial charge is 0.335 e. The van der Waals surface area contributed by atoms with E-state index in [1.807, 2.05) is 32.6 Å². The zero-order valence-corrected chi connectivity index (χ0v) is 12.9. The Balaban J connectivity index is 2.39. The monoisotopic (exact) mass is 294 g/mol. The van der Waals surface area contributed by atoms with Crippen molar-refractivity contribution in [2.45, 2.75) is 45.8 Å². The minimum Gasteiger partial charge on any atom is -0.335 e. The minimum absolute atomic E-state index is 0.00817. The van der Waals surface area contributed by atoms with Crippen LogP contribution in [0, 0.1) is 10.1 Å². The van der Waals surface area contributed by atoms with Crippen molar-refractivity contribution in [1.29, 1.82) is 0 Å². The molecule has 0 spiro atoms. The number of hydrogen-bond donors (Lipinski definition) is 1. The molecule has 0 radical (unpaired) electrons. The Morgan fingerprint density at radius 3 is 2.43 bits per heavy atom. The van der Waals surface area contributed by atoms with Crippen LogP contribution in [0.3, 0.4) is 0 Å². The number of carbonyl (C=O) groups excluding carboxylic acids is 1. The maximum absolute atomic E-state index is 12.8. The van der Waals surface area contributed by atoms with Gasteiger partial charge in [-0.1, -0.05) is 0 Å². The fourth-order valence-corrected chi connectivity index (χ4v) is 2.83. The van der Waals surface area contributed by atoms with E-state index in [0.717, 1.165) is 13.1 Å². The minimum atomic E-state index is -0.458. The highest BCUT2D eigenvalue weighted by atomic mass is 16.6. The van der Waals surface area contributed by atoms with E-state index in [4.69, 9.17) is 0 Å². The summed E-state index contributed by atoms with van der Waals surface area (Å²) >= 11 is 0. The third kappa shape index (κ3) is 2.92. The van der Waals surface area contributed by atoms with Gasteiger partial charge in [0, 0.05) is 37.3 Å². The second kappa shape index (κ2) is 5.85. The summed E-state index contributed by atoms with van der Waals surface area (Å²) in [5.74, 6) is -0.140. The molecule has 0 bridgehead atoms. The quantitative estimate of drug-likeness (QED) is 0.681. The number of nitrogens with one attached hydrogen (secondary N) is 1. The highest BCUT2D eigenvalue weighted by Crippen LogP contribution is 2.24. The van der Waals surface area contributed by atoms with E-state index in [1.165, 1.54) is 12.3 Å². The van der Waals surface area contributed by atoms with E-state index < -0.39 is 4.92 Å². The third-order valence-corrected chi connectivity index (χ3v) is 3.88. The molecule has 2 rings (SSSR count). The average molecular weight is 294 g/mol. The topological polar surface area (TPSA) is 80.4 Å². The van der Waals surface area contributed by atoms with Gasteiger partial charge >= 0.3 is 0 Å². The first kappa shape index (κ1) is 15.5. The summed E-state index contributed by atoms with van der Waals surface area (Å²) < 4.78 is 1.68. The molecule has 116 valence electrons. The fourth-order valence-electron chi connectivity index (χ4n) is 2.83. The molecular formula is C14H22N4O3.